The van der Waals surface area contributed by atoms with Crippen LogP contribution in [0.5, 0.6) is 0 Å². The van der Waals surface area contributed by atoms with Crippen molar-refractivity contribution >= 4 is 5.69 Å². The molecule has 4 heteroatoms. The van der Waals surface area contributed by atoms with Crippen LogP contribution < -0.4 is 11.5 Å². The molecule has 1 atom stereocenters. The fourth-order valence-corrected chi connectivity index (χ4v) is 1.40. The molecular weight excluding hydrogens is 183 g/mol. The second kappa shape index (κ2) is 3.94. The summed E-state index contributed by atoms with van der Waals surface area (Å²) in [5.41, 5.74) is 11.3. The summed E-state index contributed by atoms with van der Waals surface area (Å²) in [6, 6.07) is 4.52. The van der Waals surface area contributed by atoms with E-state index >= 15 is 0 Å². The first-order chi connectivity index (χ1) is 6.49. The summed E-state index contributed by atoms with van der Waals surface area (Å²) in [7, 11) is 0. The molecule has 0 heterocycles. The fourth-order valence-electron chi connectivity index (χ4n) is 1.40. The summed E-state index contributed by atoms with van der Waals surface area (Å²) in [6.07, 6.45) is 0.348. The standard InChI is InChI=1S/C10H15FN2O/c1-10(13,5-6-14)7-3-2-4-8(11)9(7)12/h2-4,14H,5-6,12-13H2,1H3/t10-/m0/s1. The first-order valence-corrected chi connectivity index (χ1v) is 4.43. The van der Waals surface area contributed by atoms with Crippen LogP contribution in [-0.4, -0.2) is 11.7 Å². The molecule has 0 aliphatic carbocycles. The Morgan fingerprint density at radius 2 is 2.14 bits per heavy atom. The molecule has 1 rings (SSSR count). The van der Waals surface area contributed by atoms with Gasteiger partial charge in [0.1, 0.15) is 5.82 Å². The van der Waals surface area contributed by atoms with Gasteiger partial charge in [0.25, 0.3) is 0 Å². The van der Waals surface area contributed by atoms with E-state index in [0.29, 0.717) is 12.0 Å². The Balaban J connectivity index is 3.12. The molecule has 0 aromatic heterocycles. The summed E-state index contributed by atoms with van der Waals surface area (Å²) in [4.78, 5) is 0. The Morgan fingerprint density at radius 1 is 1.50 bits per heavy atom. The highest BCUT2D eigenvalue weighted by atomic mass is 19.1. The van der Waals surface area contributed by atoms with E-state index < -0.39 is 11.4 Å². The van der Waals surface area contributed by atoms with E-state index in [1.165, 1.54) is 6.07 Å². The molecule has 0 aliphatic heterocycles. The van der Waals surface area contributed by atoms with Crippen LogP contribution in [0.1, 0.15) is 18.9 Å². The molecular formula is C10H15FN2O. The minimum atomic E-state index is -0.791. The fraction of sp³-hybridized carbons (Fsp3) is 0.400. The Kier molecular flexibility index (Phi) is 3.08. The van der Waals surface area contributed by atoms with Crippen molar-refractivity contribution in [1.82, 2.24) is 0 Å². The van der Waals surface area contributed by atoms with E-state index in [-0.39, 0.29) is 12.3 Å². The number of aliphatic hydroxyl groups excluding tert-OH is 1. The minimum Gasteiger partial charge on any atom is -0.396 e. The molecule has 0 saturated carbocycles. The zero-order chi connectivity index (χ0) is 10.8. The number of anilines is 1. The monoisotopic (exact) mass is 198 g/mol. The van der Waals surface area contributed by atoms with Gasteiger partial charge in [-0.2, -0.15) is 0 Å². The highest BCUT2D eigenvalue weighted by Crippen LogP contribution is 2.28. The molecule has 0 fully saturated rings. The summed E-state index contributed by atoms with van der Waals surface area (Å²) < 4.78 is 13.1. The molecule has 0 radical (unpaired) electrons. The van der Waals surface area contributed by atoms with E-state index in [2.05, 4.69) is 0 Å². The Bertz CT molecular complexity index is 326. The van der Waals surface area contributed by atoms with Crippen molar-refractivity contribution in [3.8, 4) is 0 Å². The summed E-state index contributed by atoms with van der Waals surface area (Å²) in [5.74, 6) is -0.475. The number of hydrogen-bond acceptors (Lipinski definition) is 3. The second-order valence-corrected chi connectivity index (χ2v) is 3.59. The van der Waals surface area contributed by atoms with Crippen LogP contribution >= 0.6 is 0 Å². The normalized spacial score (nSPS) is 15.1. The van der Waals surface area contributed by atoms with Gasteiger partial charge in [-0.3, -0.25) is 0 Å². The number of hydrogen-bond donors (Lipinski definition) is 3. The number of para-hydroxylation sites is 1. The molecule has 14 heavy (non-hydrogen) atoms. The lowest BCUT2D eigenvalue weighted by molar-refractivity contribution is 0.247. The van der Waals surface area contributed by atoms with Crippen molar-refractivity contribution < 1.29 is 9.50 Å². The van der Waals surface area contributed by atoms with Gasteiger partial charge in [-0.25, -0.2) is 4.39 Å². The highest BCUT2D eigenvalue weighted by molar-refractivity contribution is 5.51. The Morgan fingerprint density at radius 3 is 2.71 bits per heavy atom. The van der Waals surface area contributed by atoms with Gasteiger partial charge in [-0.1, -0.05) is 12.1 Å². The average Bonchev–Trinajstić information content (AvgIpc) is 2.09. The smallest absolute Gasteiger partial charge is 0.146 e. The number of aliphatic hydroxyl groups is 1. The Labute approximate surface area is 82.5 Å². The molecule has 0 unspecified atom stereocenters. The summed E-state index contributed by atoms with van der Waals surface area (Å²) in [6.45, 7) is 1.66. The van der Waals surface area contributed by atoms with E-state index in [1.807, 2.05) is 0 Å². The molecule has 1 aromatic rings. The van der Waals surface area contributed by atoms with Crippen LogP contribution in [0.25, 0.3) is 0 Å². The van der Waals surface area contributed by atoms with Gasteiger partial charge in [0.05, 0.1) is 5.69 Å². The van der Waals surface area contributed by atoms with Crippen LogP contribution in [0.3, 0.4) is 0 Å². The van der Waals surface area contributed by atoms with Crippen molar-refractivity contribution in [3.05, 3.63) is 29.6 Å². The summed E-state index contributed by atoms with van der Waals surface area (Å²) in [5, 5.41) is 8.81. The maximum absolute atomic E-state index is 13.1. The maximum Gasteiger partial charge on any atom is 0.146 e. The first-order valence-electron chi connectivity index (χ1n) is 4.43. The molecule has 78 valence electrons. The van der Waals surface area contributed by atoms with Crippen LogP contribution in [0.4, 0.5) is 10.1 Å². The Hall–Kier alpha value is -1.13. The average molecular weight is 198 g/mol. The van der Waals surface area contributed by atoms with E-state index in [9.17, 15) is 4.39 Å². The van der Waals surface area contributed by atoms with Crippen molar-refractivity contribution in [2.24, 2.45) is 5.73 Å². The summed E-state index contributed by atoms with van der Waals surface area (Å²) >= 11 is 0. The minimum absolute atomic E-state index is 0.0526. The lowest BCUT2D eigenvalue weighted by Crippen LogP contribution is -2.35. The number of halogens is 1. The lowest BCUT2D eigenvalue weighted by atomic mass is 9.89. The number of rotatable bonds is 3. The van der Waals surface area contributed by atoms with Gasteiger partial charge in [-0.15, -0.1) is 0 Å². The van der Waals surface area contributed by atoms with Gasteiger partial charge in [-0.05, 0) is 25.0 Å². The third-order valence-corrected chi connectivity index (χ3v) is 2.30. The predicted octanol–water partition coefficient (Wildman–Crippen LogP) is 0.964. The SMILES string of the molecule is C[C@](N)(CCO)c1cccc(F)c1N. The van der Waals surface area contributed by atoms with E-state index in [1.54, 1.807) is 19.1 Å². The van der Waals surface area contributed by atoms with Gasteiger partial charge in [0.15, 0.2) is 0 Å². The molecule has 0 saturated heterocycles. The van der Waals surface area contributed by atoms with Crippen LogP contribution in [0.15, 0.2) is 18.2 Å². The lowest BCUT2D eigenvalue weighted by Gasteiger charge is -2.25. The van der Waals surface area contributed by atoms with Crippen molar-refractivity contribution in [3.63, 3.8) is 0 Å². The second-order valence-electron chi connectivity index (χ2n) is 3.59. The van der Waals surface area contributed by atoms with Crippen LogP contribution in [0, 0.1) is 5.82 Å². The quantitative estimate of drug-likeness (QED) is 0.633. The van der Waals surface area contributed by atoms with Crippen LogP contribution in [-0.2, 0) is 5.54 Å². The molecule has 0 spiro atoms. The molecule has 1 aromatic carbocycles. The van der Waals surface area contributed by atoms with E-state index in [4.69, 9.17) is 16.6 Å². The van der Waals surface area contributed by atoms with Gasteiger partial charge in [0.2, 0.25) is 0 Å². The van der Waals surface area contributed by atoms with Crippen molar-refractivity contribution in [1.29, 1.82) is 0 Å². The molecule has 0 aliphatic rings. The highest BCUT2D eigenvalue weighted by Gasteiger charge is 2.23. The number of nitrogen functional groups attached to an aromatic ring is 1. The zero-order valence-corrected chi connectivity index (χ0v) is 8.13. The van der Waals surface area contributed by atoms with Crippen LogP contribution in [0.2, 0.25) is 0 Å². The molecule has 5 N–H and O–H groups in total. The molecule has 0 amide bonds. The first kappa shape index (κ1) is 10.9. The molecule has 3 nitrogen and oxygen atoms in total. The topological polar surface area (TPSA) is 72.3 Å². The number of benzene rings is 1. The molecule has 0 bridgehead atoms. The predicted molar refractivity (Wildman–Crippen MR) is 54.1 cm³/mol. The van der Waals surface area contributed by atoms with Crippen molar-refractivity contribution in [2.75, 3.05) is 12.3 Å². The third-order valence-electron chi connectivity index (χ3n) is 2.30. The zero-order valence-electron chi connectivity index (χ0n) is 8.13. The number of nitrogens with two attached hydrogens (primary N) is 2. The van der Waals surface area contributed by atoms with Gasteiger partial charge < -0.3 is 16.6 Å². The largest absolute Gasteiger partial charge is 0.396 e. The third kappa shape index (κ3) is 2.02. The van der Waals surface area contributed by atoms with Gasteiger partial charge >= 0.3 is 0 Å². The van der Waals surface area contributed by atoms with Gasteiger partial charge in [0, 0.05) is 12.1 Å². The van der Waals surface area contributed by atoms with Crippen molar-refractivity contribution in [2.45, 2.75) is 18.9 Å². The van der Waals surface area contributed by atoms with E-state index in [0.717, 1.165) is 0 Å². The maximum atomic E-state index is 13.1.